The molecule has 1 N–H and O–H groups in total. The van der Waals surface area contributed by atoms with Crippen LogP contribution in [0, 0.1) is 0 Å². The lowest BCUT2D eigenvalue weighted by atomic mass is 10.1. The van der Waals surface area contributed by atoms with Crippen LogP contribution in [0.15, 0.2) is 28.7 Å². The van der Waals surface area contributed by atoms with E-state index in [0.717, 1.165) is 30.2 Å². The molecule has 0 aliphatic heterocycles. The molecule has 1 aromatic carbocycles. The fraction of sp³-hybridized carbons (Fsp3) is 0.500. The van der Waals surface area contributed by atoms with Gasteiger partial charge in [0, 0.05) is 5.39 Å². The molecule has 0 amide bonds. The Hall–Kier alpha value is -1.28. The second-order valence-corrected chi connectivity index (χ2v) is 4.93. The largest absolute Gasteiger partial charge is 0.458 e. The average Bonchev–Trinajstić information content (AvgIpc) is 2.79. The molecular formula is C16H22O2. The Bertz CT molecular complexity index is 499. The third kappa shape index (κ3) is 2.94. The van der Waals surface area contributed by atoms with Crippen LogP contribution in [0.3, 0.4) is 0 Å². The maximum Gasteiger partial charge on any atom is 0.134 e. The minimum Gasteiger partial charge on any atom is -0.458 e. The van der Waals surface area contributed by atoms with Gasteiger partial charge in [0.25, 0.3) is 0 Å². The SMILES string of the molecule is CCCCc1ccc2oc(C(O)CCC)cc2c1. The zero-order valence-electron chi connectivity index (χ0n) is 11.3. The highest BCUT2D eigenvalue weighted by Crippen LogP contribution is 2.27. The van der Waals surface area contributed by atoms with Crippen molar-refractivity contribution in [3.63, 3.8) is 0 Å². The number of hydrogen-bond donors (Lipinski definition) is 1. The molecular weight excluding hydrogens is 224 g/mol. The lowest BCUT2D eigenvalue weighted by Gasteiger charge is -2.03. The number of aliphatic hydroxyl groups is 1. The van der Waals surface area contributed by atoms with Gasteiger partial charge < -0.3 is 9.52 Å². The molecule has 1 unspecified atom stereocenters. The van der Waals surface area contributed by atoms with Gasteiger partial charge in [-0.3, -0.25) is 0 Å². The number of furan rings is 1. The van der Waals surface area contributed by atoms with Crippen molar-refractivity contribution in [1.82, 2.24) is 0 Å². The smallest absolute Gasteiger partial charge is 0.134 e. The van der Waals surface area contributed by atoms with E-state index in [4.69, 9.17) is 4.42 Å². The second-order valence-electron chi connectivity index (χ2n) is 4.93. The highest BCUT2D eigenvalue weighted by molar-refractivity contribution is 5.78. The predicted octanol–water partition coefficient (Wildman–Crippen LogP) is 4.61. The fourth-order valence-corrected chi connectivity index (χ4v) is 2.23. The van der Waals surface area contributed by atoms with Gasteiger partial charge in [-0.2, -0.15) is 0 Å². The molecule has 0 saturated heterocycles. The summed E-state index contributed by atoms with van der Waals surface area (Å²) in [7, 11) is 0. The lowest BCUT2D eigenvalue weighted by Crippen LogP contribution is -1.93. The Morgan fingerprint density at radius 1 is 1.17 bits per heavy atom. The van der Waals surface area contributed by atoms with Crippen LogP contribution in [0.4, 0.5) is 0 Å². The van der Waals surface area contributed by atoms with Crippen LogP contribution in [0.2, 0.25) is 0 Å². The van der Waals surface area contributed by atoms with Crippen LogP contribution in [-0.2, 0) is 6.42 Å². The van der Waals surface area contributed by atoms with Crippen LogP contribution in [0.1, 0.15) is 57.0 Å². The first-order chi connectivity index (χ1) is 8.74. The van der Waals surface area contributed by atoms with Gasteiger partial charge in [-0.15, -0.1) is 0 Å². The summed E-state index contributed by atoms with van der Waals surface area (Å²) in [6.45, 7) is 4.27. The van der Waals surface area contributed by atoms with E-state index in [1.165, 1.54) is 18.4 Å². The molecule has 0 aliphatic carbocycles. The molecule has 2 heteroatoms. The molecule has 2 nitrogen and oxygen atoms in total. The van der Waals surface area contributed by atoms with Gasteiger partial charge in [0.1, 0.15) is 17.4 Å². The van der Waals surface area contributed by atoms with E-state index in [1.54, 1.807) is 0 Å². The molecule has 98 valence electrons. The van der Waals surface area contributed by atoms with E-state index in [0.29, 0.717) is 5.76 Å². The number of rotatable bonds is 6. The molecule has 2 rings (SSSR count). The van der Waals surface area contributed by atoms with E-state index in [1.807, 2.05) is 12.1 Å². The zero-order chi connectivity index (χ0) is 13.0. The van der Waals surface area contributed by atoms with Gasteiger partial charge in [-0.25, -0.2) is 0 Å². The standard InChI is InChI=1S/C16H22O2/c1-3-5-7-12-8-9-15-13(10-12)11-16(18-15)14(17)6-4-2/h8-11,14,17H,3-7H2,1-2H3. The average molecular weight is 246 g/mol. The highest BCUT2D eigenvalue weighted by Gasteiger charge is 2.12. The topological polar surface area (TPSA) is 33.4 Å². The maximum atomic E-state index is 9.94. The van der Waals surface area contributed by atoms with Crippen molar-refractivity contribution >= 4 is 11.0 Å². The van der Waals surface area contributed by atoms with Gasteiger partial charge in [0.05, 0.1) is 0 Å². The molecule has 18 heavy (non-hydrogen) atoms. The zero-order valence-corrected chi connectivity index (χ0v) is 11.3. The third-order valence-corrected chi connectivity index (χ3v) is 3.31. The number of fused-ring (bicyclic) bond motifs is 1. The number of unbranched alkanes of at least 4 members (excludes halogenated alkanes) is 1. The Morgan fingerprint density at radius 3 is 2.72 bits per heavy atom. The predicted molar refractivity (Wildman–Crippen MR) is 74.7 cm³/mol. The van der Waals surface area contributed by atoms with E-state index < -0.39 is 6.10 Å². The van der Waals surface area contributed by atoms with E-state index in [-0.39, 0.29) is 0 Å². The van der Waals surface area contributed by atoms with Crippen LogP contribution in [0.25, 0.3) is 11.0 Å². The molecule has 0 radical (unpaired) electrons. The summed E-state index contributed by atoms with van der Waals surface area (Å²) in [4.78, 5) is 0. The maximum absolute atomic E-state index is 9.94. The van der Waals surface area contributed by atoms with Crippen LogP contribution < -0.4 is 0 Å². The molecule has 1 aromatic heterocycles. The molecule has 0 fully saturated rings. The lowest BCUT2D eigenvalue weighted by molar-refractivity contribution is 0.141. The first kappa shape index (κ1) is 13.2. The van der Waals surface area contributed by atoms with Crippen molar-refractivity contribution < 1.29 is 9.52 Å². The van der Waals surface area contributed by atoms with Gasteiger partial charge >= 0.3 is 0 Å². The second kappa shape index (κ2) is 6.05. The van der Waals surface area contributed by atoms with Crippen LogP contribution in [-0.4, -0.2) is 5.11 Å². The summed E-state index contributed by atoms with van der Waals surface area (Å²) in [5.74, 6) is 0.694. The summed E-state index contributed by atoms with van der Waals surface area (Å²) < 4.78 is 5.69. The first-order valence-electron chi connectivity index (χ1n) is 6.95. The molecule has 1 atom stereocenters. The molecule has 1 heterocycles. The Balaban J connectivity index is 2.22. The van der Waals surface area contributed by atoms with Gasteiger partial charge in [0.2, 0.25) is 0 Å². The summed E-state index contributed by atoms with van der Waals surface area (Å²) in [5, 5.41) is 11.0. The van der Waals surface area contributed by atoms with Gasteiger partial charge in [0.15, 0.2) is 0 Å². The van der Waals surface area contributed by atoms with Gasteiger partial charge in [-0.1, -0.05) is 32.8 Å². The monoisotopic (exact) mass is 246 g/mol. The van der Waals surface area contributed by atoms with Crippen molar-refractivity contribution in [3.05, 3.63) is 35.6 Å². The van der Waals surface area contributed by atoms with Crippen molar-refractivity contribution in [2.45, 2.75) is 52.1 Å². The Labute approximate surface area is 109 Å². The first-order valence-corrected chi connectivity index (χ1v) is 6.95. The van der Waals surface area contributed by atoms with E-state index >= 15 is 0 Å². The number of aliphatic hydroxyl groups excluding tert-OH is 1. The van der Waals surface area contributed by atoms with E-state index in [9.17, 15) is 5.11 Å². The quantitative estimate of drug-likeness (QED) is 0.807. The van der Waals surface area contributed by atoms with Crippen LogP contribution in [0.5, 0.6) is 0 Å². The van der Waals surface area contributed by atoms with Crippen molar-refractivity contribution in [2.75, 3.05) is 0 Å². The number of hydrogen-bond acceptors (Lipinski definition) is 2. The fourth-order valence-electron chi connectivity index (χ4n) is 2.23. The third-order valence-electron chi connectivity index (χ3n) is 3.31. The summed E-state index contributed by atoms with van der Waals surface area (Å²) in [5.41, 5.74) is 2.22. The molecule has 0 aliphatic rings. The van der Waals surface area contributed by atoms with Crippen molar-refractivity contribution in [2.24, 2.45) is 0 Å². The van der Waals surface area contributed by atoms with Crippen molar-refractivity contribution in [3.8, 4) is 0 Å². The highest BCUT2D eigenvalue weighted by atomic mass is 16.4. The minimum atomic E-state index is -0.471. The Morgan fingerprint density at radius 2 is 2.00 bits per heavy atom. The van der Waals surface area contributed by atoms with Gasteiger partial charge in [-0.05, 0) is 43.0 Å². The molecule has 0 bridgehead atoms. The minimum absolute atomic E-state index is 0.471. The molecule has 2 aromatic rings. The summed E-state index contributed by atoms with van der Waals surface area (Å²) >= 11 is 0. The molecule has 0 spiro atoms. The number of benzene rings is 1. The normalized spacial score (nSPS) is 13.1. The van der Waals surface area contributed by atoms with Crippen molar-refractivity contribution in [1.29, 1.82) is 0 Å². The number of aryl methyl sites for hydroxylation is 1. The molecule has 0 saturated carbocycles. The van der Waals surface area contributed by atoms with E-state index in [2.05, 4.69) is 26.0 Å². The summed E-state index contributed by atoms with van der Waals surface area (Å²) in [6, 6.07) is 8.29. The summed E-state index contributed by atoms with van der Waals surface area (Å²) in [6.07, 6.45) is 4.78. The Kier molecular flexibility index (Phi) is 4.43. The van der Waals surface area contributed by atoms with Crippen LogP contribution >= 0.6 is 0 Å².